The lowest BCUT2D eigenvalue weighted by molar-refractivity contribution is 0.0956. The molecule has 0 bridgehead atoms. The van der Waals surface area contributed by atoms with Crippen LogP contribution in [0.2, 0.25) is 0 Å². The van der Waals surface area contributed by atoms with Crippen LogP contribution >= 0.6 is 0 Å². The van der Waals surface area contributed by atoms with E-state index >= 15 is 0 Å². The van der Waals surface area contributed by atoms with E-state index in [-0.39, 0.29) is 28.8 Å². The molecule has 5 N–H and O–H groups in total. The molecule has 0 aliphatic heterocycles. The van der Waals surface area contributed by atoms with Crippen molar-refractivity contribution in [2.75, 3.05) is 24.3 Å². The third-order valence-electron chi connectivity index (χ3n) is 4.90. The highest BCUT2D eigenvalue weighted by atomic mass is 16.3. The summed E-state index contributed by atoms with van der Waals surface area (Å²) in [5.41, 5.74) is 7.22. The lowest BCUT2D eigenvalue weighted by Gasteiger charge is -2.19. The molecule has 1 heterocycles. The highest BCUT2D eigenvalue weighted by Gasteiger charge is 2.18. The number of pyridine rings is 1. The number of allylic oxidation sites excluding steroid dienone is 1. The van der Waals surface area contributed by atoms with E-state index in [2.05, 4.69) is 20.6 Å². The standard InChI is InChI=1S/C24H30N6O4/c1-14-7-8-15(21(32)29-20(25)13-19(31)24(2,3)4)11-17(14)28-23(34)30(6)16-9-10-27-18(12-16)22(33)26-5/h7-13,31H,1-6H3,(H,26,33)(H,28,34)(H2,25,29,32)/b19-13-. The minimum atomic E-state index is -0.622. The van der Waals surface area contributed by atoms with Gasteiger partial charge in [-0.25, -0.2) is 4.79 Å². The molecule has 0 saturated heterocycles. The van der Waals surface area contributed by atoms with Crippen molar-refractivity contribution in [2.45, 2.75) is 27.7 Å². The number of aliphatic imine (C=N–C) groups is 1. The van der Waals surface area contributed by atoms with Crippen molar-refractivity contribution >= 4 is 35.1 Å². The Morgan fingerprint density at radius 3 is 2.47 bits per heavy atom. The smallest absolute Gasteiger partial charge is 0.326 e. The van der Waals surface area contributed by atoms with Crippen LogP contribution in [-0.4, -0.2) is 47.9 Å². The van der Waals surface area contributed by atoms with Gasteiger partial charge >= 0.3 is 6.03 Å². The molecule has 1 aromatic heterocycles. The second-order valence-corrected chi connectivity index (χ2v) is 8.62. The zero-order chi connectivity index (χ0) is 25.6. The molecule has 1 aromatic carbocycles. The van der Waals surface area contributed by atoms with Crippen LogP contribution in [0.4, 0.5) is 16.2 Å². The summed E-state index contributed by atoms with van der Waals surface area (Å²) < 4.78 is 0. The molecule has 0 aliphatic carbocycles. The Labute approximate surface area is 198 Å². The number of aromatic nitrogens is 1. The third-order valence-corrected chi connectivity index (χ3v) is 4.90. The van der Waals surface area contributed by atoms with Gasteiger partial charge in [0.25, 0.3) is 11.8 Å². The number of aliphatic hydroxyl groups is 1. The maximum Gasteiger partial charge on any atom is 0.326 e. The molecule has 0 unspecified atom stereocenters. The van der Waals surface area contributed by atoms with Crippen molar-refractivity contribution in [2.24, 2.45) is 16.1 Å². The van der Waals surface area contributed by atoms with Crippen molar-refractivity contribution in [1.82, 2.24) is 10.3 Å². The second kappa shape index (κ2) is 10.6. The predicted molar refractivity (Wildman–Crippen MR) is 132 cm³/mol. The van der Waals surface area contributed by atoms with Gasteiger partial charge in [0.1, 0.15) is 17.3 Å². The number of nitrogens with two attached hydrogens (primary N) is 1. The fourth-order valence-corrected chi connectivity index (χ4v) is 2.66. The molecular formula is C24H30N6O4. The average Bonchev–Trinajstić information content (AvgIpc) is 2.78. The number of hydrogen-bond donors (Lipinski definition) is 4. The van der Waals surface area contributed by atoms with Crippen LogP contribution in [0.3, 0.4) is 0 Å². The number of rotatable bonds is 5. The summed E-state index contributed by atoms with van der Waals surface area (Å²) in [6, 6.07) is 7.34. The lowest BCUT2D eigenvalue weighted by atomic mass is 9.93. The second-order valence-electron chi connectivity index (χ2n) is 8.62. The van der Waals surface area contributed by atoms with Gasteiger partial charge < -0.3 is 21.5 Å². The number of urea groups is 1. The summed E-state index contributed by atoms with van der Waals surface area (Å²) in [6.07, 6.45) is 2.67. The van der Waals surface area contributed by atoms with Gasteiger partial charge in [-0.05, 0) is 36.8 Å². The number of anilines is 2. The van der Waals surface area contributed by atoms with E-state index in [0.29, 0.717) is 11.4 Å². The zero-order valence-electron chi connectivity index (χ0n) is 20.1. The normalized spacial score (nSPS) is 12.2. The molecule has 0 fully saturated rings. The Balaban J connectivity index is 2.23. The first-order chi connectivity index (χ1) is 15.8. The Kier molecular flexibility index (Phi) is 8.12. The number of benzene rings is 1. The quantitative estimate of drug-likeness (QED) is 0.301. The summed E-state index contributed by atoms with van der Waals surface area (Å²) in [7, 11) is 3.03. The minimum Gasteiger partial charge on any atom is -0.512 e. The summed E-state index contributed by atoms with van der Waals surface area (Å²) in [5.74, 6) is -1.13. The number of aryl methyl sites for hydroxylation is 1. The first-order valence-corrected chi connectivity index (χ1v) is 10.5. The van der Waals surface area contributed by atoms with Crippen molar-refractivity contribution in [3.63, 3.8) is 0 Å². The van der Waals surface area contributed by atoms with E-state index in [1.807, 2.05) is 0 Å². The van der Waals surface area contributed by atoms with Crippen molar-refractivity contribution in [3.8, 4) is 0 Å². The van der Waals surface area contributed by atoms with Gasteiger partial charge in [0, 0.05) is 48.7 Å². The van der Waals surface area contributed by atoms with Gasteiger partial charge in [0.2, 0.25) is 0 Å². The largest absolute Gasteiger partial charge is 0.512 e. The van der Waals surface area contributed by atoms with E-state index in [0.717, 1.165) is 5.56 Å². The first-order valence-electron chi connectivity index (χ1n) is 10.5. The van der Waals surface area contributed by atoms with Crippen LogP contribution in [0.15, 0.2) is 53.4 Å². The maximum atomic E-state index is 12.8. The molecule has 0 aliphatic rings. The molecule has 10 heteroatoms. The number of hydrogen-bond acceptors (Lipinski definition) is 5. The number of carbonyl (C=O) groups is 3. The van der Waals surface area contributed by atoms with E-state index in [4.69, 9.17) is 5.73 Å². The number of amides is 4. The maximum absolute atomic E-state index is 12.8. The Bertz CT molecular complexity index is 1160. The van der Waals surface area contributed by atoms with Crippen molar-refractivity contribution in [1.29, 1.82) is 0 Å². The van der Waals surface area contributed by atoms with Crippen molar-refractivity contribution < 1.29 is 19.5 Å². The molecule has 2 aromatic rings. The zero-order valence-corrected chi connectivity index (χ0v) is 20.1. The fourth-order valence-electron chi connectivity index (χ4n) is 2.66. The Hall–Kier alpha value is -4.21. The molecule has 10 nitrogen and oxygen atoms in total. The number of carbonyl (C=O) groups excluding carboxylic acids is 3. The number of nitrogens with zero attached hydrogens (tertiary/aromatic N) is 3. The lowest BCUT2D eigenvalue weighted by Crippen LogP contribution is -2.32. The number of amidine groups is 1. The highest BCUT2D eigenvalue weighted by Crippen LogP contribution is 2.23. The number of aliphatic hydroxyl groups excluding tert-OH is 1. The number of nitrogens with one attached hydrogen (secondary N) is 2. The molecule has 2 rings (SSSR count). The molecule has 34 heavy (non-hydrogen) atoms. The molecular weight excluding hydrogens is 436 g/mol. The van der Waals surface area contributed by atoms with Crippen LogP contribution in [0.5, 0.6) is 0 Å². The summed E-state index contributed by atoms with van der Waals surface area (Å²) >= 11 is 0. The fraction of sp³-hybridized carbons (Fsp3) is 0.292. The monoisotopic (exact) mass is 466 g/mol. The van der Waals surface area contributed by atoms with Crippen molar-refractivity contribution in [3.05, 3.63) is 65.2 Å². The topological polar surface area (TPSA) is 150 Å². The highest BCUT2D eigenvalue weighted by molar-refractivity contribution is 6.08. The van der Waals surface area contributed by atoms with Crippen LogP contribution in [-0.2, 0) is 0 Å². The molecule has 0 spiro atoms. The molecule has 0 atom stereocenters. The predicted octanol–water partition coefficient (Wildman–Crippen LogP) is 3.40. The summed E-state index contributed by atoms with van der Waals surface area (Å²) in [4.78, 5) is 46.3. The van der Waals surface area contributed by atoms with Crippen LogP contribution < -0.4 is 21.3 Å². The van der Waals surface area contributed by atoms with Crippen LogP contribution in [0.25, 0.3) is 0 Å². The first kappa shape index (κ1) is 26.0. The average molecular weight is 467 g/mol. The van der Waals surface area contributed by atoms with Gasteiger partial charge in [0.05, 0.1) is 0 Å². The van der Waals surface area contributed by atoms with E-state index < -0.39 is 17.4 Å². The van der Waals surface area contributed by atoms with E-state index in [9.17, 15) is 19.5 Å². The molecule has 180 valence electrons. The van der Waals surface area contributed by atoms with Crippen LogP contribution in [0.1, 0.15) is 47.2 Å². The van der Waals surface area contributed by atoms with Gasteiger partial charge in [-0.3, -0.25) is 19.5 Å². The summed E-state index contributed by atoms with van der Waals surface area (Å²) in [5, 5.41) is 15.3. The van der Waals surface area contributed by atoms with Gasteiger partial charge in [-0.15, -0.1) is 0 Å². The SMILES string of the molecule is CNC(=O)c1cc(N(C)C(=O)Nc2cc(C(=O)N=C(N)/C=C(\O)C(C)(C)C)ccc2C)ccn1. The van der Waals surface area contributed by atoms with Gasteiger partial charge in [-0.1, -0.05) is 26.8 Å². The van der Waals surface area contributed by atoms with Crippen LogP contribution in [0, 0.1) is 12.3 Å². The molecule has 4 amide bonds. The molecule has 0 saturated carbocycles. The summed E-state index contributed by atoms with van der Waals surface area (Å²) in [6.45, 7) is 7.17. The minimum absolute atomic E-state index is 0.00265. The third kappa shape index (κ3) is 6.64. The van der Waals surface area contributed by atoms with Gasteiger partial charge in [0.15, 0.2) is 0 Å². The van der Waals surface area contributed by atoms with Gasteiger partial charge in [-0.2, -0.15) is 4.99 Å². The van der Waals surface area contributed by atoms with E-state index in [1.165, 1.54) is 36.4 Å². The Morgan fingerprint density at radius 2 is 1.85 bits per heavy atom. The Morgan fingerprint density at radius 1 is 1.18 bits per heavy atom. The molecule has 0 radical (unpaired) electrons. The van der Waals surface area contributed by atoms with E-state index in [1.54, 1.807) is 52.9 Å².